The Hall–Kier alpha value is -1.29. The van der Waals surface area contributed by atoms with Crippen molar-refractivity contribution in [3.63, 3.8) is 0 Å². The predicted molar refractivity (Wildman–Crippen MR) is 68.4 cm³/mol. The van der Waals surface area contributed by atoms with Gasteiger partial charge >= 0.3 is 0 Å². The average Bonchev–Trinajstić information content (AvgIpc) is 2.68. The molecule has 84 valence electrons. The number of fused-ring (bicyclic) bond motifs is 1. The van der Waals surface area contributed by atoms with Gasteiger partial charge in [0.05, 0.1) is 0 Å². The first-order chi connectivity index (χ1) is 7.70. The molecule has 2 rings (SSSR count). The van der Waals surface area contributed by atoms with Crippen LogP contribution in [0.3, 0.4) is 0 Å². The van der Waals surface area contributed by atoms with Crippen LogP contribution in [0.25, 0.3) is 10.9 Å². The van der Waals surface area contributed by atoms with Crippen LogP contribution in [0.15, 0.2) is 28.9 Å². The SMILES string of the molecule is CN(C=O)CCc1c[nH]c2cc(Br)ccc12. The van der Waals surface area contributed by atoms with Crippen molar-refractivity contribution >= 4 is 33.2 Å². The lowest BCUT2D eigenvalue weighted by atomic mass is 10.1. The highest BCUT2D eigenvalue weighted by molar-refractivity contribution is 9.10. The molecule has 0 atom stereocenters. The molecular weight excluding hydrogens is 268 g/mol. The normalized spacial score (nSPS) is 10.6. The maximum Gasteiger partial charge on any atom is 0.209 e. The lowest BCUT2D eigenvalue weighted by Crippen LogP contribution is -2.18. The molecule has 0 bridgehead atoms. The molecule has 0 radical (unpaired) electrons. The number of nitrogens with one attached hydrogen (secondary N) is 1. The number of nitrogens with zero attached hydrogens (tertiary/aromatic N) is 1. The van der Waals surface area contributed by atoms with E-state index in [9.17, 15) is 4.79 Å². The molecule has 2 aromatic rings. The van der Waals surface area contributed by atoms with Gasteiger partial charge in [-0.3, -0.25) is 4.79 Å². The minimum absolute atomic E-state index is 0.743. The first-order valence-corrected chi connectivity index (χ1v) is 5.91. The highest BCUT2D eigenvalue weighted by Gasteiger charge is 2.04. The topological polar surface area (TPSA) is 36.1 Å². The van der Waals surface area contributed by atoms with Gasteiger partial charge in [-0.15, -0.1) is 0 Å². The van der Waals surface area contributed by atoms with Crippen molar-refractivity contribution in [1.82, 2.24) is 9.88 Å². The van der Waals surface area contributed by atoms with Gasteiger partial charge in [-0.2, -0.15) is 0 Å². The zero-order valence-corrected chi connectivity index (χ0v) is 10.6. The van der Waals surface area contributed by atoms with E-state index in [4.69, 9.17) is 0 Å². The second kappa shape index (κ2) is 4.70. The van der Waals surface area contributed by atoms with E-state index in [0.29, 0.717) is 0 Å². The molecule has 3 nitrogen and oxygen atoms in total. The van der Waals surface area contributed by atoms with E-state index in [1.807, 2.05) is 12.3 Å². The average molecular weight is 281 g/mol. The van der Waals surface area contributed by atoms with E-state index >= 15 is 0 Å². The number of amides is 1. The number of halogens is 1. The van der Waals surface area contributed by atoms with Crippen LogP contribution < -0.4 is 0 Å². The maximum absolute atomic E-state index is 10.5. The van der Waals surface area contributed by atoms with E-state index in [0.717, 1.165) is 29.4 Å². The number of likely N-dealkylation sites (N-methyl/N-ethyl adjacent to an activating group) is 1. The van der Waals surface area contributed by atoms with Gasteiger partial charge in [0.25, 0.3) is 0 Å². The molecule has 1 aromatic heterocycles. The predicted octanol–water partition coefficient (Wildman–Crippen LogP) is 2.56. The number of rotatable bonds is 4. The molecule has 1 aromatic carbocycles. The Morgan fingerprint density at radius 2 is 2.31 bits per heavy atom. The van der Waals surface area contributed by atoms with E-state index < -0.39 is 0 Å². The molecule has 0 aliphatic rings. The first-order valence-electron chi connectivity index (χ1n) is 5.12. The monoisotopic (exact) mass is 280 g/mol. The number of aromatic amines is 1. The quantitative estimate of drug-likeness (QED) is 0.859. The summed E-state index contributed by atoms with van der Waals surface area (Å²) < 4.78 is 1.07. The van der Waals surface area contributed by atoms with Crippen molar-refractivity contribution in [1.29, 1.82) is 0 Å². The summed E-state index contributed by atoms with van der Waals surface area (Å²) in [6.45, 7) is 0.743. The zero-order valence-electron chi connectivity index (χ0n) is 9.03. The van der Waals surface area contributed by atoms with Crippen molar-refractivity contribution in [3.05, 3.63) is 34.4 Å². The van der Waals surface area contributed by atoms with Crippen LogP contribution in [-0.4, -0.2) is 29.9 Å². The third-order valence-electron chi connectivity index (χ3n) is 2.64. The number of aromatic nitrogens is 1. The first kappa shape index (κ1) is 11.2. The molecule has 1 N–H and O–H groups in total. The summed E-state index contributed by atoms with van der Waals surface area (Å²) >= 11 is 3.44. The molecule has 0 spiro atoms. The standard InChI is InChI=1S/C12H13BrN2O/c1-15(8-16)5-4-9-7-14-12-6-10(13)2-3-11(9)12/h2-3,6-8,14H,4-5H2,1H3. The summed E-state index contributed by atoms with van der Waals surface area (Å²) in [7, 11) is 1.79. The molecule has 1 amide bonds. The fourth-order valence-corrected chi connectivity index (χ4v) is 2.08. The number of hydrogen-bond donors (Lipinski definition) is 1. The van der Waals surface area contributed by atoms with Gasteiger partial charge in [0.15, 0.2) is 0 Å². The molecule has 0 aliphatic carbocycles. The number of carbonyl (C=O) groups is 1. The molecule has 0 fully saturated rings. The zero-order chi connectivity index (χ0) is 11.5. The van der Waals surface area contributed by atoms with Crippen LogP contribution in [-0.2, 0) is 11.2 Å². The second-order valence-corrected chi connectivity index (χ2v) is 4.76. The maximum atomic E-state index is 10.5. The van der Waals surface area contributed by atoms with Crippen LogP contribution in [0, 0.1) is 0 Å². The number of hydrogen-bond acceptors (Lipinski definition) is 1. The third-order valence-corrected chi connectivity index (χ3v) is 3.14. The Morgan fingerprint density at radius 3 is 3.06 bits per heavy atom. The molecule has 1 heterocycles. The van der Waals surface area contributed by atoms with Crippen LogP contribution in [0.1, 0.15) is 5.56 Å². The van der Waals surface area contributed by atoms with Gasteiger partial charge in [-0.25, -0.2) is 0 Å². The minimum atomic E-state index is 0.743. The van der Waals surface area contributed by atoms with Gasteiger partial charge in [-0.1, -0.05) is 22.0 Å². The Bertz CT molecular complexity index is 507. The number of H-pyrrole nitrogens is 1. The fourth-order valence-electron chi connectivity index (χ4n) is 1.71. The number of benzene rings is 1. The summed E-state index contributed by atoms with van der Waals surface area (Å²) in [5.74, 6) is 0. The van der Waals surface area contributed by atoms with Gasteiger partial charge in [-0.05, 0) is 24.1 Å². The molecule has 0 saturated heterocycles. The third kappa shape index (κ3) is 2.27. The highest BCUT2D eigenvalue weighted by atomic mass is 79.9. The summed E-state index contributed by atoms with van der Waals surface area (Å²) in [4.78, 5) is 15.4. The molecule has 4 heteroatoms. The van der Waals surface area contributed by atoms with Crippen molar-refractivity contribution in [2.75, 3.05) is 13.6 Å². The lowest BCUT2D eigenvalue weighted by molar-refractivity contribution is -0.116. The van der Waals surface area contributed by atoms with Crippen LogP contribution in [0.2, 0.25) is 0 Å². The molecule has 0 saturated carbocycles. The van der Waals surface area contributed by atoms with Crippen molar-refractivity contribution in [2.24, 2.45) is 0 Å². The fraction of sp³-hybridized carbons (Fsp3) is 0.250. The molecule has 16 heavy (non-hydrogen) atoms. The van der Waals surface area contributed by atoms with Gasteiger partial charge in [0.1, 0.15) is 0 Å². The summed E-state index contributed by atoms with van der Waals surface area (Å²) in [6.07, 6.45) is 3.73. The van der Waals surface area contributed by atoms with Crippen molar-refractivity contribution in [2.45, 2.75) is 6.42 Å². The summed E-state index contributed by atoms with van der Waals surface area (Å²) in [5.41, 5.74) is 2.37. The number of carbonyl (C=O) groups excluding carboxylic acids is 1. The van der Waals surface area contributed by atoms with Gasteiger partial charge < -0.3 is 9.88 Å². The lowest BCUT2D eigenvalue weighted by Gasteiger charge is -2.09. The van der Waals surface area contributed by atoms with E-state index in [1.54, 1.807) is 11.9 Å². The molecule has 0 aliphatic heterocycles. The highest BCUT2D eigenvalue weighted by Crippen LogP contribution is 2.22. The van der Waals surface area contributed by atoms with E-state index in [-0.39, 0.29) is 0 Å². The second-order valence-electron chi connectivity index (χ2n) is 3.84. The van der Waals surface area contributed by atoms with Crippen molar-refractivity contribution in [3.8, 4) is 0 Å². The Labute approximate surface area is 103 Å². The van der Waals surface area contributed by atoms with E-state index in [2.05, 4.69) is 33.0 Å². The Balaban J connectivity index is 2.22. The van der Waals surface area contributed by atoms with Gasteiger partial charge in [0.2, 0.25) is 6.41 Å². The Kier molecular flexibility index (Phi) is 3.29. The molecule has 0 unspecified atom stereocenters. The molecular formula is C12H13BrN2O. The largest absolute Gasteiger partial charge is 0.361 e. The summed E-state index contributed by atoms with van der Waals surface area (Å²) in [6, 6.07) is 6.18. The van der Waals surface area contributed by atoms with E-state index in [1.165, 1.54) is 10.9 Å². The van der Waals surface area contributed by atoms with Gasteiger partial charge in [0, 0.05) is 35.2 Å². The Morgan fingerprint density at radius 1 is 1.50 bits per heavy atom. The van der Waals surface area contributed by atoms with Crippen LogP contribution >= 0.6 is 15.9 Å². The van der Waals surface area contributed by atoms with Crippen LogP contribution in [0.4, 0.5) is 0 Å². The smallest absolute Gasteiger partial charge is 0.209 e. The van der Waals surface area contributed by atoms with Crippen molar-refractivity contribution < 1.29 is 4.79 Å². The minimum Gasteiger partial charge on any atom is -0.361 e. The van der Waals surface area contributed by atoms with Crippen LogP contribution in [0.5, 0.6) is 0 Å². The summed E-state index contributed by atoms with van der Waals surface area (Å²) in [5, 5.41) is 1.22.